The smallest absolute Gasteiger partial charge is 0.0853 e. The van der Waals surface area contributed by atoms with Crippen molar-refractivity contribution in [3.05, 3.63) is 0 Å². The van der Waals surface area contributed by atoms with Crippen LogP contribution in [0.2, 0.25) is 0 Å². The Morgan fingerprint density at radius 1 is 1.44 bits per heavy atom. The first-order valence-corrected chi connectivity index (χ1v) is 3.20. The van der Waals surface area contributed by atoms with Crippen molar-refractivity contribution in [1.82, 2.24) is 0 Å². The zero-order valence-corrected chi connectivity index (χ0v) is 5.96. The third kappa shape index (κ3) is 7.88. The predicted octanol–water partition coefficient (Wildman–Crippen LogP) is 1.84. The lowest BCUT2D eigenvalue weighted by Crippen LogP contribution is -1.95. The Balaban J connectivity index is 2.75. The Morgan fingerprint density at radius 2 is 2.11 bits per heavy atom. The van der Waals surface area contributed by atoms with Crippen LogP contribution in [0.1, 0.15) is 26.7 Å². The summed E-state index contributed by atoms with van der Waals surface area (Å²) in [7, 11) is 0. The second kappa shape index (κ2) is 6.01. The molecule has 0 unspecified atom stereocenters. The summed E-state index contributed by atoms with van der Waals surface area (Å²) in [5.41, 5.74) is 0. The number of rotatable bonds is 5. The molecule has 3 nitrogen and oxygen atoms in total. The molecule has 0 aromatic heterocycles. The zero-order chi connectivity index (χ0) is 7.11. The van der Waals surface area contributed by atoms with Crippen molar-refractivity contribution in [2.24, 2.45) is 5.92 Å². The molecule has 0 amide bonds. The molecule has 3 heteroatoms. The zero-order valence-electron chi connectivity index (χ0n) is 5.96. The van der Waals surface area contributed by atoms with E-state index in [9.17, 15) is 0 Å². The van der Waals surface area contributed by atoms with E-state index in [0.717, 1.165) is 12.8 Å². The maximum atomic E-state index is 7.71. The highest BCUT2D eigenvalue weighted by Gasteiger charge is 1.92. The van der Waals surface area contributed by atoms with Crippen LogP contribution in [0.3, 0.4) is 0 Å². The van der Waals surface area contributed by atoms with Crippen LogP contribution in [0.4, 0.5) is 0 Å². The van der Waals surface area contributed by atoms with E-state index < -0.39 is 0 Å². The van der Waals surface area contributed by atoms with Crippen LogP contribution in [0.15, 0.2) is 0 Å². The molecule has 0 saturated heterocycles. The van der Waals surface area contributed by atoms with E-state index in [2.05, 4.69) is 23.8 Å². The van der Waals surface area contributed by atoms with Gasteiger partial charge in [0.1, 0.15) is 0 Å². The van der Waals surface area contributed by atoms with Gasteiger partial charge in [-0.05, 0) is 18.8 Å². The molecule has 0 aliphatic rings. The summed E-state index contributed by atoms with van der Waals surface area (Å²) in [5, 5.41) is 11.1. The van der Waals surface area contributed by atoms with Gasteiger partial charge < -0.3 is 0 Å². The summed E-state index contributed by atoms with van der Waals surface area (Å²) >= 11 is 0. The largest absolute Gasteiger partial charge is 0.221 e. The Bertz CT molecular complexity index is 54.3. The standard InChI is InChI=1S/C6H14O3/c1-6(2)4-3-5-8-9-7/h6-7H,3-5H2,1-2H3. The van der Waals surface area contributed by atoms with E-state index in [1.54, 1.807) is 0 Å². The van der Waals surface area contributed by atoms with Crippen LogP contribution in [0.25, 0.3) is 0 Å². The fraction of sp³-hybridized carbons (Fsp3) is 1.00. The predicted molar refractivity (Wildman–Crippen MR) is 33.7 cm³/mol. The van der Waals surface area contributed by atoms with Gasteiger partial charge in [0.05, 0.1) is 6.61 Å². The summed E-state index contributed by atoms with van der Waals surface area (Å²) in [5.74, 6) is 0.687. The molecule has 0 atom stereocenters. The van der Waals surface area contributed by atoms with E-state index in [0.29, 0.717) is 12.5 Å². The van der Waals surface area contributed by atoms with Crippen molar-refractivity contribution in [3.8, 4) is 0 Å². The van der Waals surface area contributed by atoms with E-state index in [1.807, 2.05) is 0 Å². The third-order valence-corrected chi connectivity index (χ3v) is 1.06. The molecule has 0 heterocycles. The van der Waals surface area contributed by atoms with Gasteiger partial charge in [0.2, 0.25) is 0 Å². The average molecular weight is 134 g/mol. The van der Waals surface area contributed by atoms with Crippen molar-refractivity contribution in [1.29, 1.82) is 0 Å². The molecule has 0 bridgehead atoms. The molecule has 0 fully saturated rings. The highest BCUT2D eigenvalue weighted by atomic mass is 17.5. The van der Waals surface area contributed by atoms with E-state index >= 15 is 0 Å². The molecule has 0 spiro atoms. The number of hydrogen-bond acceptors (Lipinski definition) is 3. The van der Waals surface area contributed by atoms with Gasteiger partial charge in [-0.1, -0.05) is 18.9 Å². The maximum absolute atomic E-state index is 7.71. The summed E-state index contributed by atoms with van der Waals surface area (Å²) in [6, 6.07) is 0. The Labute approximate surface area is 55.4 Å². The van der Waals surface area contributed by atoms with Crippen LogP contribution in [-0.2, 0) is 9.93 Å². The Hall–Kier alpha value is -0.120. The monoisotopic (exact) mass is 134 g/mol. The molecule has 0 aromatic rings. The van der Waals surface area contributed by atoms with E-state index in [4.69, 9.17) is 5.26 Å². The number of hydrogen-bond donors (Lipinski definition) is 1. The van der Waals surface area contributed by atoms with E-state index in [1.165, 1.54) is 0 Å². The van der Waals surface area contributed by atoms with Crippen molar-refractivity contribution in [2.45, 2.75) is 26.7 Å². The molecule has 0 radical (unpaired) electrons. The van der Waals surface area contributed by atoms with Crippen LogP contribution >= 0.6 is 0 Å². The summed E-state index contributed by atoms with van der Waals surface area (Å²) in [6.45, 7) is 4.74. The summed E-state index contributed by atoms with van der Waals surface area (Å²) in [6.07, 6.45) is 2.03. The lowest BCUT2D eigenvalue weighted by Gasteiger charge is -2.01. The topological polar surface area (TPSA) is 38.7 Å². The minimum atomic E-state index is 0.467. The van der Waals surface area contributed by atoms with Crippen LogP contribution < -0.4 is 0 Å². The van der Waals surface area contributed by atoms with Crippen molar-refractivity contribution in [3.63, 3.8) is 0 Å². The fourth-order valence-electron chi connectivity index (χ4n) is 0.588. The molecule has 9 heavy (non-hydrogen) atoms. The average Bonchev–Trinajstić information content (AvgIpc) is 1.80. The molecule has 56 valence electrons. The lowest BCUT2D eigenvalue weighted by molar-refractivity contribution is -0.490. The highest BCUT2D eigenvalue weighted by molar-refractivity contribution is 4.42. The van der Waals surface area contributed by atoms with Crippen LogP contribution in [-0.4, -0.2) is 11.9 Å². The van der Waals surface area contributed by atoms with Crippen molar-refractivity contribution < 1.29 is 15.2 Å². The second-order valence-electron chi connectivity index (χ2n) is 2.43. The second-order valence-corrected chi connectivity index (χ2v) is 2.43. The molecule has 0 aliphatic heterocycles. The van der Waals surface area contributed by atoms with Crippen LogP contribution in [0, 0.1) is 5.92 Å². The van der Waals surface area contributed by atoms with Gasteiger partial charge in [0.15, 0.2) is 0 Å². The lowest BCUT2D eigenvalue weighted by atomic mass is 10.1. The normalized spacial score (nSPS) is 10.7. The van der Waals surface area contributed by atoms with Crippen LogP contribution in [0.5, 0.6) is 0 Å². The quantitative estimate of drug-likeness (QED) is 0.354. The molecular formula is C6H14O3. The first-order chi connectivity index (χ1) is 4.27. The Morgan fingerprint density at radius 3 is 2.56 bits per heavy atom. The minimum Gasteiger partial charge on any atom is -0.221 e. The SMILES string of the molecule is CC(C)CCCOOO. The molecule has 0 aliphatic carbocycles. The molecule has 0 saturated carbocycles. The summed E-state index contributed by atoms with van der Waals surface area (Å²) in [4.78, 5) is 4.24. The van der Waals surface area contributed by atoms with Gasteiger partial charge in [0.25, 0.3) is 0 Å². The molecule has 1 N–H and O–H groups in total. The fourth-order valence-corrected chi connectivity index (χ4v) is 0.588. The first-order valence-electron chi connectivity index (χ1n) is 3.20. The molecule has 0 aromatic carbocycles. The Kier molecular flexibility index (Phi) is 5.93. The van der Waals surface area contributed by atoms with Gasteiger partial charge in [-0.15, -0.1) is 0 Å². The highest BCUT2D eigenvalue weighted by Crippen LogP contribution is 2.02. The van der Waals surface area contributed by atoms with E-state index in [-0.39, 0.29) is 0 Å². The van der Waals surface area contributed by atoms with Gasteiger partial charge in [0, 0.05) is 0 Å². The van der Waals surface area contributed by atoms with Gasteiger partial charge in [-0.2, -0.15) is 0 Å². The molecule has 0 rings (SSSR count). The van der Waals surface area contributed by atoms with Crippen molar-refractivity contribution >= 4 is 0 Å². The maximum Gasteiger partial charge on any atom is 0.0853 e. The molecular weight excluding hydrogens is 120 g/mol. The third-order valence-electron chi connectivity index (χ3n) is 1.06. The van der Waals surface area contributed by atoms with Gasteiger partial charge in [-0.3, -0.25) is 0 Å². The van der Waals surface area contributed by atoms with Crippen molar-refractivity contribution in [2.75, 3.05) is 6.61 Å². The first kappa shape index (κ1) is 8.88. The summed E-state index contributed by atoms with van der Waals surface area (Å²) < 4.78 is 0. The van der Waals surface area contributed by atoms with Gasteiger partial charge in [-0.25, -0.2) is 10.1 Å². The minimum absolute atomic E-state index is 0.467. The van der Waals surface area contributed by atoms with Gasteiger partial charge >= 0.3 is 0 Å².